The number of rotatable bonds is 14. The first-order valence-electron chi connectivity index (χ1n) is 8.71. The summed E-state index contributed by atoms with van der Waals surface area (Å²) in [6.07, 6.45) is 27.0. The molecule has 0 spiro atoms. The first kappa shape index (κ1) is 18.5. The van der Waals surface area contributed by atoms with Gasteiger partial charge >= 0.3 is 0 Å². The summed E-state index contributed by atoms with van der Waals surface area (Å²) in [5.41, 5.74) is 0. The van der Waals surface area contributed by atoms with Gasteiger partial charge in [0.1, 0.15) is 0 Å². The van der Waals surface area contributed by atoms with Crippen molar-refractivity contribution in [1.29, 1.82) is 0 Å². The topological polar surface area (TPSA) is 0 Å². The van der Waals surface area contributed by atoms with Crippen LogP contribution < -0.4 is 0 Å². The number of allylic oxidation sites excluding steroid dienone is 4. The summed E-state index contributed by atoms with van der Waals surface area (Å²) in [6, 6.07) is 0. The molecule has 0 saturated heterocycles. The molecule has 0 aromatic rings. The SMILES string of the molecule is CCC=CCCCCCC=CCCCCCCCC. The van der Waals surface area contributed by atoms with Crippen LogP contribution in [0.2, 0.25) is 0 Å². The van der Waals surface area contributed by atoms with Crippen LogP contribution in [0.4, 0.5) is 0 Å². The van der Waals surface area contributed by atoms with Crippen LogP contribution in [-0.2, 0) is 0 Å². The van der Waals surface area contributed by atoms with Crippen LogP contribution in [0.15, 0.2) is 24.3 Å². The van der Waals surface area contributed by atoms with E-state index in [2.05, 4.69) is 38.2 Å². The van der Waals surface area contributed by atoms with E-state index in [1.807, 2.05) is 0 Å². The standard InChI is InChI=1S/C19H36/c1-3-5-7-9-11-13-15-17-19-18-16-14-12-10-8-6-4-2/h5,7,18-19H,3-4,6,8-17H2,1-2H3. The summed E-state index contributed by atoms with van der Waals surface area (Å²) in [5.74, 6) is 0. The quantitative estimate of drug-likeness (QED) is 0.230. The molecule has 0 aromatic heterocycles. The molecule has 0 aliphatic heterocycles. The maximum Gasteiger partial charge on any atom is -0.0351 e. The minimum Gasteiger partial charge on any atom is -0.0888 e. The van der Waals surface area contributed by atoms with Gasteiger partial charge in [0.15, 0.2) is 0 Å². The van der Waals surface area contributed by atoms with Crippen molar-refractivity contribution in [1.82, 2.24) is 0 Å². The highest BCUT2D eigenvalue weighted by atomic mass is 13.9. The molecule has 0 radical (unpaired) electrons. The summed E-state index contributed by atoms with van der Waals surface area (Å²) in [4.78, 5) is 0. The Hall–Kier alpha value is -0.520. The van der Waals surface area contributed by atoms with Crippen molar-refractivity contribution >= 4 is 0 Å². The molecule has 0 aliphatic carbocycles. The van der Waals surface area contributed by atoms with Crippen molar-refractivity contribution in [3.8, 4) is 0 Å². The Morgan fingerprint density at radius 1 is 0.474 bits per heavy atom. The van der Waals surface area contributed by atoms with Crippen molar-refractivity contribution in [2.75, 3.05) is 0 Å². The van der Waals surface area contributed by atoms with Crippen molar-refractivity contribution < 1.29 is 0 Å². The highest BCUT2D eigenvalue weighted by Gasteiger charge is 1.88. The lowest BCUT2D eigenvalue weighted by atomic mass is 10.1. The van der Waals surface area contributed by atoms with Gasteiger partial charge < -0.3 is 0 Å². The molecule has 0 bridgehead atoms. The Bertz CT molecular complexity index is 200. The monoisotopic (exact) mass is 264 g/mol. The van der Waals surface area contributed by atoms with Crippen LogP contribution in [0.3, 0.4) is 0 Å². The van der Waals surface area contributed by atoms with Crippen LogP contribution in [0.5, 0.6) is 0 Å². The molecule has 19 heavy (non-hydrogen) atoms. The average molecular weight is 264 g/mol. The van der Waals surface area contributed by atoms with E-state index in [1.165, 1.54) is 83.5 Å². The number of unbranched alkanes of at least 4 members (excludes halogenated alkanes) is 10. The lowest BCUT2D eigenvalue weighted by Crippen LogP contribution is -1.78. The third-order valence-electron chi connectivity index (χ3n) is 3.53. The summed E-state index contributed by atoms with van der Waals surface area (Å²) >= 11 is 0. The number of hydrogen-bond acceptors (Lipinski definition) is 0. The predicted molar refractivity (Wildman–Crippen MR) is 89.6 cm³/mol. The Morgan fingerprint density at radius 3 is 1.42 bits per heavy atom. The van der Waals surface area contributed by atoms with E-state index in [0.717, 1.165) is 0 Å². The van der Waals surface area contributed by atoms with Gasteiger partial charge in [-0.05, 0) is 44.9 Å². The van der Waals surface area contributed by atoms with Gasteiger partial charge in [0.25, 0.3) is 0 Å². The zero-order valence-corrected chi connectivity index (χ0v) is 13.5. The smallest absolute Gasteiger partial charge is 0.0351 e. The van der Waals surface area contributed by atoms with E-state index >= 15 is 0 Å². The first-order valence-corrected chi connectivity index (χ1v) is 8.71. The van der Waals surface area contributed by atoms with E-state index in [4.69, 9.17) is 0 Å². The maximum absolute atomic E-state index is 2.40. The molecule has 0 aromatic carbocycles. The van der Waals surface area contributed by atoms with Gasteiger partial charge in [-0.2, -0.15) is 0 Å². The fourth-order valence-corrected chi connectivity index (χ4v) is 2.26. The van der Waals surface area contributed by atoms with Crippen LogP contribution >= 0.6 is 0 Å². The largest absolute Gasteiger partial charge is 0.0888 e. The third-order valence-corrected chi connectivity index (χ3v) is 3.53. The van der Waals surface area contributed by atoms with Gasteiger partial charge in [0.05, 0.1) is 0 Å². The van der Waals surface area contributed by atoms with Gasteiger partial charge in [-0.3, -0.25) is 0 Å². The Kier molecular flexibility index (Phi) is 17.0. The molecule has 0 N–H and O–H groups in total. The third kappa shape index (κ3) is 17.5. The van der Waals surface area contributed by atoms with E-state index in [1.54, 1.807) is 0 Å². The minimum atomic E-state index is 1.18. The van der Waals surface area contributed by atoms with E-state index < -0.39 is 0 Å². The molecule has 0 fully saturated rings. The normalized spacial score (nSPS) is 11.9. The van der Waals surface area contributed by atoms with Crippen molar-refractivity contribution in [3.63, 3.8) is 0 Å². The zero-order chi connectivity index (χ0) is 14.0. The van der Waals surface area contributed by atoms with Gasteiger partial charge in [0.2, 0.25) is 0 Å². The predicted octanol–water partition coefficient (Wildman–Crippen LogP) is 7.21. The molecular formula is C19H36. The maximum atomic E-state index is 2.40. The molecule has 0 unspecified atom stereocenters. The summed E-state index contributed by atoms with van der Waals surface area (Å²) in [6.45, 7) is 4.48. The molecule has 0 heteroatoms. The van der Waals surface area contributed by atoms with E-state index in [9.17, 15) is 0 Å². The lowest BCUT2D eigenvalue weighted by Gasteiger charge is -1.98. The Labute approximate surface area is 122 Å². The van der Waals surface area contributed by atoms with E-state index in [0.29, 0.717) is 0 Å². The van der Waals surface area contributed by atoms with Crippen molar-refractivity contribution in [2.24, 2.45) is 0 Å². The van der Waals surface area contributed by atoms with Crippen molar-refractivity contribution in [3.05, 3.63) is 24.3 Å². The van der Waals surface area contributed by atoms with Crippen LogP contribution in [0.1, 0.15) is 97.3 Å². The summed E-state index contributed by atoms with van der Waals surface area (Å²) < 4.78 is 0. The summed E-state index contributed by atoms with van der Waals surface area (Å²) in [5, 5.41) is 0. The second-order valence-electron chi connectivity index (χ2n) is 5.55. The zero-order valence-electron chi connectivity index (χ0n) is 13.5. The molecule has 112 valence electrons. The summed E-state index contributed by atoms with van der Waals surface area (Å²) in [7, 11) is 0. The second kappa shape index (κ2) is 17.5. The van der Waals surface area contributed by atoms with Crippen molar-refractivity contribution in [2.45, 2.75) is 97.3 Å². The highest BCUT2D eigenvalue weighted by molar-refractivity contribution is 4.82. The van der Waals surface area contributed by atoms with Gasteiger partial charge in [-0.1, -0.05) is 76.7 Å². The molecule has 0 rings (SSSR count). The van der Waals surface area contributed by atoms with Crippen LogP contribution in [0, 0.1) is 0 Å². The van der Waals surface area contributed by atoms with Gasteiger partial charge in [0, 0.05) is 0 Å². The Balaban J connectivity index is 3.07. The lowest BCUT2D eigenvalue weighted by molar-refractivity contribution is 0.610. The molecule has 0 amide bonds. The average Bonchev–Trinajstić information content (AvgIpc) is 2.43. The molecule has 0 saturated carbocycles. The highest BCUT2D eigenvalue weighted by Crippen LogP contribution is 2.08. The van der Waals surface area contributed by atoms with E-state index in [-0.39, 0.29) is 0 Å². The fourth-order valence-electron chi connectivity index (χ4n) is 2.26. The molecule has 0 atom stereocenters. The molecular weight excluding hydrogens is 228 g/mol. The molecule has 0 heterocycles. The van der Waals surface area contributed by atoms with Crippen LogP contribution in [0.25, 0.3) is 0 Å². The molecule has 0 aliphatic rings. The first-order chi connectivity index (χ1) is 9.41. The second-order valence-corrected chi connectivity index (χ2v) is 5.55. The van der Waals surface area contributed by atoms with Crippen LogP contribution in [-0.4, -0.2) is 0 Å². The molecule has 0 nitrogen and oxygen atoms in total. The number of hydrogen-bond donors (Lipinski definition) is 0. The fraction of sp³-hybridized carbons (Fsp3) is 0.789. The minimum absolute atomic E-state index is 1.18. The van der Waals surface area contributed by atoms with Gasteiger partial charge in [-0.15, -0.1) is 0 Å². The van der Waals surface area contributed by atoms with Gasteiger partial charge in [-0.25, -0.2) is 0 Å². The Morgan fingerprint density at radius 2 is 0.895 bits per heavy atom.